The molecule has 1 N–H and O–H groups in total. The molecule has 0 bridgehead atoms. The van der Waals surface area contributed by atoms with E-state index >= 15 is 0 Å². The zero-order valence-corrected chi connectivity index (χ0v) is 17.1. The van der Waals surface area contributed by atoms with Gasteiger partial charge in [0.1, 0.15) is 28.0 Å². The number of nitrogens with zero attached hydrogens (tertiary/aromatic N) is 2. The molecule has 0 unspecified atom stereocenters. The normalized spacial score (nSPS) is 11.3. The molecule has 0 fully saturated rings. The number of sulfonamides is 1. The number of hydrogen-bond acceptors (Lipinski definition) is 5. The molecule has 0 aliphatic heterocycles. The second-order valence-corrected chi connectivity index (χ2v) is 8.03. The summed E-state index contributed by atoms with van der Waals surface area (Å²) in [4.78, 5) is 16.4. The molecule has 0 saturated heterocycles. The van der Waals surface area contributed by atoms with E-state index in [2.05, 4.69) is 4.98 Å². The molecular formula is C19H17ClFN3O4S. The molecule has 0 spiro atoms. The molecule has 0 aliphatic carbocycles. The summed E-state index contributed by atoms with van der Waals surface area (Å²) in [5.41, 5.74) is -0.195. The third kappa shape index (κ3) is 4.25. The van der Waals surface area contributed by atoms with Gasteiger partial charge in [-0.25, -0.2) is 22.5 Å². The van der Waals surface area contributed by atoms with Gasteiger partial charge in [-0.05, 0) is 31.2 Å². The monoisotopic (exact) mass is 437 g/mol. The van der Waals surface area contributed by atoms with Gasteiger partial charge in [-0.2, -0.15) is 0 Å². The minimum absolute atomic E-state index is 0.0141. The second-order valence-electron chi connectivity index (χ2n) is 5.97. The molecule has 7 nitrogen and oxygen atoms in total. The van der Waals surface area contributed by atoms with Crippen LogP contribution in [0.1, 0.15) is 17.4 Å². The van der Waals surface area contributed by atoms with E-state index in [1.807, 2.05) is 4.72 Å². The summed E-state index contributed by atoms with van der Waals surface area (Å²) in [5, 5.41) is 0.115. The average Bonchev–Trinajstić information content (AvgIpc) is 3.04. The van der Waals surface area contributed by atoms with Crippen LogP contribution in [-0.2, 0) is 17.1 Å². The molecule has 0 radical (unpaired) electrons. The summed E-state index contributed by atoms with van der Waals surface area (Å²) in [5.74, 6) is -1.37. The van der Waals surface area contributed by atoms with Gasteiger partial charge in [0, 0.05) is 13.2 Å². The number of hydrogen-bond donors (Lipinski definition) is 1. The summed E-state index contributed by atoms with van der Waals surface area (Å²) in [6.45, 7) is 1.97. The van der Waals surface area contributed by atoms with Crippen molar-refractivity contribution in [2.24, 2.45) is 7.05 Å². The number of rotatable bonds is 6. The van der Waals surface area contributed by atoms with E-state index in [0.29, 0.717) is 0 Å². The van der Waals surface area contributed by atoms with E-state index in [0.717, 1.165) is 0 Å². The Bertz CT molecular complexity index is 1160. The Hall–Kier alpha value is -2.91. The maximum Gasteiger partial charge on any atom is 0.285 e. The number of carbonyl (C=O) groups is 1. The van der Waals surface area contributed by atoms with Crippen LogP contribution in [0.2, 0.25) is 5.02 Å². The molecule has 10 heteroatoms. The van der Waals surface area contributed by atoms with E-state index in [9.17, 15) is 17.6 Å². The molecule has 29 heavy (non-hydrogen) atoms. The highest BCUT2D eigenvalue weighted by atomic mass is 35.5. The molecule has 1 amide bonds. The molecule has 152 valence electrons. The Morgan fingerprint density at radius 3 is 2.66 bits per heavy atom. The first-order chi connectivity index (χ1) is 13.7. The predicted octanol–water partition coefficient (Wildman–Crippen LogP) is 3.40. The van der Waals surface area contributed by atoms with Crippen LogP contribution in [0.25, 0.3) is 11.4 Å². The number of para-hydroxylation sites is 1. The standard InChI is InChI=1S/C19H17ClFN3O4S/c1-3-28-15-9-4-5-10-16(15)29(26,27)23-19(25)14-11-24(2)18(22-14)17-12(20)7-6-8-13(17)21/h4-11H,3H2,1-2H3,(H,23,25). The lowest BCUT2D eigenvalue weighted by Gasteiger charge is -2.11. The smallest absolute Gasteiger partial charge is 0.285 e. The predicted molar refractivity (Wildman–Crippen MR) is 106 cm³/mol. The fourth-order valence-corrected chi connectivity index (χ4v) is 4.05. The maximum atomic E-state index is 14.2. The average molecular weight is 438 g/mol. The van der Waals surface area contributed by atoms with Gasteiger partial charge in [0.05, 0.1) is 17.2 Å². The summed E-state index contributed by atoms with van der Waals surface area (Å²) in [6.07, 6.45) is 1.29. The second kappa shape index (κ2) is 8.22. The number of halogens is 2. The molecule has 2 aromatic carbocycles. The van der Waals surface area contributed by atoms with E-state index < -0.39 is 21.7 Å². The van der Waals surface area contributed by atoms with Gasteiger partial charge in [0.25, 0.3) is 15.9 Å². The zero-order chi connectivity index (χ0) is 21.2. The van der Waals surface area contributed by atoms with Crippen LogP contribution in [0.5, 0.6) is 5.75 Å². The van der Waals surface area contributed by atoms with Crippen LogP contribution >= 0.6 is 11.6 Å². The van der Waals surface area contributed by atoms with Gasteiger partial charge >= 0.3 is 0 Å². The highest BCUT2D eigenvalue weighted by Crippen LogP contribution is 2.29. The minimum atomic E-state index is -4.22. The van der Waals surface area contributed by atoms with Crippen LogP contribution in [0.4, 0.5) is 4.39 Å². The fourth-order valence-electron chi connectivity index (χ4n) is 2.70. The highest BCUT2D eigenvalue weighted by Gasteiger charge is 2.25. The molecule has 3 aromatic rings. The molecule has 0 aliphatic rings. The molecular weight excluding hydrogens is 421 g/mol. The van der Waals surface area contributed by atoms with Crippen molar-refractivity contribution in [2.45, 2.75) is 11.8 Å². The third-order valence-corrected chi connectivity index (χ3v) is 5.65. The van der Waals surface area contributed by atoms with E-state index in [1.165, 1.54) is 47.2 Å². The zero-order valence-electron chi connectivity index (χ0n) is 15.5. The van der Waals surface area contributed by atoms with Crippen molar-refractivity contribution in [3.05, 3.63) is 65.2 Å². The Morgan fingerprint density at radius 2 is 1.97 bits per heavy atom. The SMILES string of the molecule is CCOc1ccccc1S(=O)(=O)NC(=O)c1cn(C)c(-c2c(F)cccc2Cl)n1. The molecule has 0 atom stereocenters. The number of nitrogens with one attached hydrogen (secondary N) is 1. The first-order valence-electron chi connectivity index (χ1n) is 8.51. The summed E-state index contributed by atoms with van der Waals surface area (Å²) < 4.78 is 48.2. The number of aryl methyl sites for hydroxylation is 1. The van der Waals surface area contributed by atoms with Crippen LogP contribution in [0, 0.1) is 5.82 Å². The minimum Gasteiger partial charge on any atom is -0.492 e. The summed E-state index contributed by atoms with van der Waals surface area (Å²) >= 11 is 6.05. The van der Waals surface area contributed by atoms with Crippen LogP contribution in [0.15, 0.2) is 53.6 Å². The maximum absolute atomic E-state index is 14.2. The van der Waals surface area contributed by atoms with Crippen molar-refractivity contribution >= 4 is 27.5 Å². The fraction of sp³-hybridized carbons (Fsp3) is 0.158. The number of carbonyl (C=O) groups excluding carboxylic acids is 1. The van der Waals surface area contributed by atoms with E-state index in [1.54, 1.807) is 20.0 Å². The lowest BCUT2D eigenvalue weighted by atomic mass is 10.2. The first kappa shape index (κ1) is 20.8. The van der Waals surface area contributed by atoms with Crippen molar-refractivity contribution in [1.29, 1.82) is 0 Å². The Kier molecular flexibility index (Phi) is 5.90. The van der Waals surface area contributed by atoms with Gasteiger partial charge in [-0.3, -0.25) is 4.79 Å². The lowest BCUT2D eigenvalue weighted by Crippen LogP contribution is -2.31. The van der Waals surface area contributed by atoms with Crippen LogP contribution in [-0.4, -0.2) is 30.5 Å². The third-order valence-electron chi connectivity index (χ3n) is 3.96. The summed E-state index contributed by atoms with van der Waals surface area (Å²) in [7, 11) is -2.68. The summed E-state index contributed by atoms with van der Waals surface area (Å²) in [6, 6.07) is 10.1. The topological polar surface area (TPSA) is 90.3 Å². The van der Waals surface area contributed by atoms with Crippen molar-refractivity contribution in [3.63, 3.8) is 0 Å². The van der Waals surface area contributed by atoms with Crippen molar-refractivity contribution in [2.75, 3.05) is 6.61 Å². The Balaban J connectivity index is 1.93. The van der Waals surface area contributed by atoms with Crippen molar-refractivity contribution in [3.8, 4) is 17.1 Å². The first-order valence-corrected chi connectivity index (χ1v) is 10.4. The number of imidazole rings is 1. The van der Waals surface area contributed by atoms with Crippen LogP contribution in [0.3, 0.4) is 0 Å². The largest absolute Gasteiger partial charge is 0.492 e. The molecule has 0 saturated carbocycles. The Labute approximate surface area is 172 Å². The number of amides is 1. The number of aromatic nitrogens is 2. The Morgan fingerprint density at radius 1 is 1.24 bits per heavy atom. The number of benzene rings is 2. The van der Waals surface area contributed by atoms with Gasteiger partial charge in [0.2, 0.25) is 0 Å². The quantitative estimate of drug-likeness (QED) is 0.638. The highest BCUT2D eigenvalue weighted by molar-refractivity contribution is 7.90. The van der Waals surface area contributed by atoms with E-state index in [4.69, 9.17) is 16.3 Å². The lowest BCUT2D eigenvalue weighted by molar-refractivity contribution is 0.0977. The van der Waals surface area contributed by atoms with Crippen LogP contribution < -0.4 is 9.46 Å². The van der Waals surface area contributed by atoms with Gasteiger partial charge < -0.3 is 9.30 Å². The van der Waals surface area contributed by atoms with Gasteiger partial charge in [-0.15, -0.1) is 0 Å². The van der Waals surface area contributed by atoms with Gasteiger partial charge in [0.15, 0.2) is 0 Å². The molecule has 3 rings (SSSR count). The molecule has 1 aromatic heterocycles. The van der Waals surface area contributed by atoms with Crippen molar-refractivity contribution in [1.82, 2.24) is 14.3 Å². The molecule has 1 heterocycles. The van der Waals surface area contributed by atoms with Crippen molar-refractivity contribution < 1.29 is 22.3 Å². The van der Waals surface area contributed by atoms with E-state index in [-0.39, 0.29) is 39.4 Å². The number of ether oxygens (including phenoxy) is 1. The van der Waals surface area contributed by atoms with Gasteiger partial charge in [-0.1, -0.05) is 29.8 Å².